The van der Waals surface area contributed by atoms with Crippen LogP contribution >= 0.6 is 15.9 Å². The standard InChI is InChI=1S/C25H21BrN2O2/c1-17-6-8-19(9-7-17)21(15-27)13-20-14-22(26)10-11-24(20)30-16-25(29)28-23-5-3-4-18(2)12-23/h3-14H,16H2,1-2H3,(H,28,29)/b21-13+. The van der Waals surface area contributed by atoms with Gasteiger partial charge >= 0.3 is 0 Å². The Bertz CT molecular complexity index is 1130. The summed E-state index contributed by atoms with van der Waals surface area (Å²) in [6.07, 6.45) is 1.77. The van der Waals surface area contributed by atoms with Crippen molar-refractivity contribution in [1.29, 1.82) is 5.26 Å². The van der Waals surface area contributed by atoms with Crippen molar-refractivity contribution in [3.8, 4) is 11.8 Å². The second-order valence-corrected chi connectivity index (χ2v) is 7.84. The lowest BCUT2D eigenvalue weighted by Gasteiger charge is -2.11. The Balaban J connectivity index is 1.78. The minimum atomic E-state index is -0.252. The highest BCUT2D eigenvalue weighted by Crippen LogP contribution is 2.28. The van der Waals surface area contributed by atoms with Crippen LogP contribution in [0, 0.1) is 25.2 Å². The van der Waals surface area contributed by atoms with Gasteiger partial charge in [-0.2, -0.15) is 5.26 Å². The molecule has 150 valence electrons. The SMILES string of the molecule is Cc1ccc(/C(C#N)=C/c2cc(Br)ccc2OCC(=O)Nc2cccc(C)c2)cc1. The summed E-state index contributed by atoms with van der Waals surface area (Å²) in [6.45, 7) is 3.83. The number of carbonyl (C=O) groups is 1. The second kappa shape index (κ2) is 9.91. The number of nitrogens with one attached hydrogen (secondary N) is 1. The van der Waals surface area contributed by atoms with E-state index in [9.17, 15) is 10.1 Å². The molecule has 0 aromatic heterocycles. The highest BCUT2D eigenvalue weighted by molar-refractivity contribution is 9.10. The van der Waals surface area contributed by atoms with Crippen LogP contribution in [0.3, 0.4) is 0 Å². The largest absolute Gasteiger partial charge is 0.483 e. The molecule has 0 aliphatic heterocycles. The summed E-state index contributed by atoms with van der Waals surface area (Å²) >= 11 is 3.46. The maximum atomic E-state index is 12.3. The van der Waals surface area contributed by atoms with Crippen molar-refractivity contribution < 1.29 is 9.53 Å². The van der Waals surface area contributed by atoms with Crippen LogP contribution in [-0.4, -0.2) is 12.5 Å². The van der Waals surface area contributed by atoms with Crippen molar-refractivity contribution in [3.05, 3.63) is 93.5 Å². The Kier molecular flexibility index (Phi) is 7.05. The number of hydrogen-bond acceptors (Lipinski definition) is 3. The summed E-state index contributed by atoms with van der Waals surface area (Å²) in [5, 5.41) is 12.5. The molecule has 0 heterocycles. The first-order chi connectivity index (χ1) is 14.4. The maximum absolute atomic E-state index is 12.3. The van der Waals surface area contributed by atoms with E-state index in [4.69, 9.17) is 4.74 Å². The number of carbonyl (C=O) groups excluding carboxylic acids is 1. The number of hydrogen-bond donors (Lipinski definition) is 1. The number of rotatable bonds is 6. The third-order valence-electron chi connectivity index (χ3n) is 4.42. The fourth-order valence-electron chi connectivity index (χ4n) is 2.90. The number of anilines is 1. The molecular formula is C25H21BrN2O2. The molecule has 0 aliphatic rings. The average Bonchev–Trinajstić information content (AvgIpc) is 2.72. The molecule has 0 spiro atoms. The van der Waals surface area contributed by atoms with Crippen LogP contribution in [0.5, 0.6) is 5.75 Å². The minimum Gasteiger partial charge on any atom is -0.483 e. The Morgan fingerprint density at radius 1 is 1.07 bits per heavy atom. The van der Waals surface area contributed by atoms with Gasteiger partial charge in [0.05, 0.1) is 11.6 Å². The number of amides is 1. The van der Waals surface area contributed by atoms with Gasteiger partial charge in [0.15, 0.2) is 6.61 Å². The molecule has 5 heteroatoms. The van der Waals surface area contributed by atoms with E-state index >= 15 is 0 Å². The minimum absolute atomic E-state index is 0.136. The number of ether oxygens (including phenoxy) is 1. The molecule has 30 heavy (non-hydrogen) atoms. The van der Waals surface area contributed by atoms with E-state index in [0.717, 1.165) is 26.9 Å². The molecule has 0 fully saturated rings. The lowest BCUT2D eigenvalue weighted by molar-refractivity contribution is -0.118. The zero-order valence-electron chi connectivity index (χ0n) is 16.8. The first-order valence-corrected chi connectivity index (χ1v) is 10.2. The highest BCUT2D eigenvalue weighted by Gasteiger charge is 2.09. The molecule has 0 bridgehead atoms. The average molecular weight is 461 g/mol. The van der Waals surface area contributed by atoms with Gasteiger partial charge in [-0.3, -0.25) is 4.79 Å². The van der Waals surface area contributed by atoms with Crippen LogP contribution in [0.25, 0.3) is 11.6 Å². The molecule has 0 atom stereocenters. The van der Waals surface area contributed by atoms with E-state index in [0.29, 0.717) is 16.9 Å². The first-order valence-electron chi connectivity index (χ1n) is 9.42. The molecule has 3 aromatic rings. The van der Waals surface area contributed by atoms with Gasteiger partial charge in [-0.15, -0.1) is 0 Å². The summed E-state index contributed by atoms with van der Waals surface area (Å²) in [5.41, 5.74) is 4.97. The Labute approximate surface area is 184 Å². The molecule has 1 N–H and O–H groups in total. The van der Waals surface area contributed by atoms with Crippen molar-refractivity contribution in [3.63, 3.8) is 0 Å². The van der Waals surface area contributed by atoms with Crippen molar-refractivity contribution >= 4 is 39.2 Å². The van der Waals surface area contributed by atoms with Crippen LogP contribution in [-0.2, 0) is 4.79 Å². The van der Waals surface area contributed by atoms with Gasteiger partial charge in [0.25, 0.3) is 5.91 Å². The van der Waals surface area contributed by atoms with Crippen LogP contribution in [0.4, 0.5) is 5.69 Å². The number of aryl methyl sites for hydroxylation is 2. The third-order valence-corrected chi connectivity index (χ3v) is 4.91. The summed E-state index contributed by atoms with van der Waals surface area (Å²) in [4.78, 5) is 12.3. The van der Waals surface area contributed by atoms with Gasteiger partial charge in [0.2, 0.25) is 0 Å². The molecule has 3 rings (SSSR count). The molecule has 0 saturated carbocycles. The molecular weight excluding hydrogens is 440 g/mol. The smallest absolute Gasteiger partial charge is 0.262 e. The second-order valence-electron chi connectivity index (χ2n) is 6.92. The summed E-state index contributed by atoms with van der Waals surface area (Å²) < 4.78 is 6.62. The van der Waals surface area contributed by atoms with Crippen molar-refractivity contribution in [2.24, 2.45) is 0 Å². The van der Waals surface area contributed by atoms with E-state index in [1.807, 2.05) is 74.5 Å². The summed E-state index contributed by atoms with van der Waals surface area (Å²) in [7, 11) is 0. The van der Waals surface area contributed by atoms with E-state index in [1.165, 1.54) is 0 Å². The molecule has 4 nitrogen and oxygen atoms in total. The Morgan fingerprint density at radius 2 is 1.83 bits per heavy atom. The molecule has 1 amide bonds. The molecule has 0 unspecified atom stereocenters. The fraction of sp³-hybridized carbons (Fsp3) is 0.120. The maximum Gasteiger partial charge on any atom is 0.262 e. The van der Waals surface area contributed by atoms with Crippen molar-refractivity contribution in [1.82, 2.24) is 0 Å². The quantitative estimate of drug-likeness (QED) is 0.354. The monoisotopic (exact) mass is 460 g/mol. The third kappa shape index (κ3) is 5.82. The Morgan fingerprint density at radius 3 is 2.53 bits per heavy atom. The summed E-state index contributed by atoms with van der Waals surface area (Å²) in [6, 6.07) is 23.1. The molecule has 0 radical (unpaired) electrons. The normalized spacial score (nSPS) is 10.9. The zero-order chi connectivity index (χ0) is 21.5. The van der Waals surface area contributed by atoms with Gasteiger partial charge in [-0.1, -0.05) is 57.9 Å². The van der Waals surface area contributed by atoms with Crippen LogP contribution < -0.4 is 10.1 Å². The van der Waals surface area contributed by atoms with Crippen LogP contribution in [0.2, 0.25) is 0 Å². The summed E-state index contributed by atoms with van der Waals surface area (Å²) in [5.74, 6) is 0.273. The van der Waals surface area contributed by atoms with Gasteiger partial charge in [0.1, 0.15) is 5.75 Å². The van der Waals surface area contributed by atoms with Gasteiger partial charge in [-0.05, 0) is 61.4 Å². The number of halogens is 1. The van der Waals surface area contributed by atoms with Gasteiger partial charge in [-0.25, -0.2) is 0 Å². The molecule has 0 saturated heterocycles. The predicted octanol–water partition coefficient (Wildman–Crippen LogP) is 6.15. The lowest BCUT2D eigenvalue weighted by Crippen LogP contribution is -2.20. The van der Waals surface area contributed by atoms with E-state index in [1.54, 1.807) is 12.1 Å². The van der Waals surface area contributed by atoms with E-state index in [-0.39, 0.29) is 12.5 Å². The van der Waals surface area contributed by atoms with E-state index < -0.39 is 0 Å². The fourth-order valence-corrected chi connectivity index (χ4v) is 3.27. The number of benzene rings is 3. The van der Waals surface area contributed by atoms with E-state index in [2.05, 4.69) is 27.3 Å². The topological polar surface area (TPSA) is 62.1 Å². The predicted molar refractivity (Wildman–Crippen MR) is 124 cm³/mol. The zero-order valence-corrected chi connectivity index (χ0v) is 18.4. The number of nitrogens with zero attached hydrogens (tertiary/aromatic N) is 1. The molecule has 3 aromatic carbocycles. The van der Waals surface area contributed by atoms with Crippen LogP contribution in [0.1, 0.15) is 22.3 Å². The highest BCUT2D eigenvalue weighted by atomic mass is 79.9. The van der Waals surface area contributed by atoms with Crippen molar-refractivity contribution in [2.45, 2.75) is 13.8 Å². The van der Waals surface area contributed by atoms with Gasteiger partial charge < -0.3 is 10.1 Å². The Hall–Kier alpha value is -3.36. The first kappa shape index (κ1) is 21.4. The van der Waals surface area contributed by atoms with Crippen molar-refractivity contribution in [2.75, 3.05) is 11.9 Å². The van der Waals surface area contributed by atoms with Gasteiger partial charge in [0, 0.05) is 15.7 Å². The number of nitriles is 1. The lowest BCUT2D eigenvalue weighted by atomic mass is 10.0. The van der Waals surface area contributed by atoms with Crippen LogP contribution in [0.15, 0.2) is 71.2 Å². The molecule has 0 aliphatic carbocycles. The number of allylic oxidation sites excluding steroid dienone is 1.